The number of pyridine rings is 1. The summed E-state index contributed by atoms with van der Waals surface area (Å²) in [4.78, 5) is 7.46. The van der Waals surface area contributed by atoms with E-state index in [0.29, 0.717) is 0 Å². The Bertz CT molecular complexity index is 945. The van der Waals surface area contributed by atoms with Crippen LogP contribution in [-0.4, -0.2) is 19.7 Å². The van der Waals surface area contributed by atoms with Crippen molar-refractivity contribution in [1.82, 2.24) is 19.7 Å². The van der Waals surface area contributed by atoms with Crippen molar-refractivity contribution in [3.05, 3.63) is 66.2 Å². The lowest BCUT2D eigenvalue weighted by atomic mass is 10.1. The summed E-state index contributed by atoms with van der Waals surface area (Å²) >= 11 is 0. The highest BCUT2D eigenvalue weighted by molar-refractivity contribution is 5.84. The first-order valence-electron chi connectivity index (χ1n) is 7.28. The molecule has 4 heteroatoms. The highest BCUT2D eigenvalue weighted by atomic mass is 15.3. The summed E-state index contributed by atoms with van der Waals surface area (Å²) in [5.74, 6) is 0. The van der Waals surface area contributed by atoms with Crippen LogP contribution in [0.3, 0.4) is 0 Å². The van der Waals surface area contributed by atoms with Crippen molar-refractivity contribution in [2.75, 3.05) is 0 Å². The van der Waals surface area contributed by atoms with Gasteiger partial charge in [-0.25, -0.2) is 9.67 Å². The highest BCUT2D eigenvalue weighted by Crippen LogP contribution is 2.26. The zero-order valence-electron chi connectivity index (χ0n) is 12.5. The lowest BCUT2D eigenvalue weighted by Gasteiger charge is -2.02. The number of rotatable bonds is 2. The Hall–Kier alpha value is -2.88. The summed E-state index contributed by atoms with van der Waals surface area (Å²) in [5, 5.41) is 5.75. The van der Waals surface area contributed by atoms with E-state index in [-0.39, 0.29) is 0 Å². The van der Waals surface area contributed by atoms with Crippen molar-refractivity contribution in [3.63, 3.8) is 0 Å². The number of fused-ring (bicyclic) bond motifs is 1. The number of H-pyrrole nitrogens is 1. The average Bonchev–Trinajstić information content (AvgIpc) is 3.14. The van der Waals surface area contributed by atoms with E-state index in [1.54, 1.807) is 6.20 Å². The van der Waals surface area contributed by atoms with Crippen LogP contribution in [0.4, 0.5) is 0 Å². The third-order valence-electron chi connectivity index (χ3n) is 3.95. The second-order valence-electron chi connectivity index (χ2n) is 5.51. The van der Waals surface area contributed by atoms with Crippen LogP contribution in [0.1, 0.15) is 11.3 Å². The fourth-order valence-electron chi connectivity index (χ4n) is 2.75. The van der Waals surface area contributed by atoms with Gasteiger partial charge in [-0.3, -0.25) is 0 Å². The molecular weight excluding hydrogens is 272 g/mol. The van der Waals surface area contributed by atoms with Crippen LogP contribution in [0.25, 0.3) is 27.8 Å². The maximum Gasteiger partial charge on any atom is 0.139 e. The number of hydrogen-bond acceptors (Lipinski definition) is 2. The van der Waals surface area contributed by atoms with Gasteiger partial charge in [0.15, 0.2) is 0 Å². The molecule has 0 fully saturated rings. The van der Waals surface area contributed by atoms with Crippen molar-refractivity contribution in [1.29, 1.82) is 0 Å². The minimum Gasteiger partial charge on any atom is -0.346 e. The molecule has 0 spiro atoms. The van der Waals surface area contributed by atoms with Crippen LogP contribution in [0.15, 0.2) is 55.0 Å². The zero-order valence-corrected chi connectivity index (χ0v) is 12.5. The average molecular weight is 288 g/mol. The molecule has 0 atom stereocenters. The van der Waals surface area contributed by atoms with E-state index in [1.165, 1.54) is 11.1 Å². The molecule has 0 saturated carbocycles. The molecule has 0 aliphatic rings. The molecule has 3 heterocycles. The SMILES string of the molecule is Cc1ccc(-c2cn(-c3ccnc4[nH]ccc34)nc2C)cc1. The van der Waals surface area contributed by atoms with Gasteiger partial charge in [0.05, 0.1) is 11.4 Å². The molecular formula is C18H16N4. The van der Waals surface area contributed by atoms with Gasteiger partial charge in [-0.15, -0.1) is 0 Å². The van der Waals surface area contributed by atoms with Gasteiger partial charge in [0, 0.05) is 29.5 Å². The lowest BCUT2D eigenvalue weighted by Crippen LogP contribution is -1.96. The minimum atomic E-state index is 0.877. The molecule has 0 aliphatic heterocycles. The summed E-state index contributed by atoms with van der Waals surface area (Å²) in [6.07, 6.45) is 5.79. The Morgan fingerprint density at radius 1 is 1.00 bits per heavy atom. The van der Waals surface area contributed by atoms with E-state index in [0.717, 1.165) is 28.0 Å². The van der Waals surface area contributed by atoms with E-state index < -0.39 is 0 Å². The third-order valence-corrected chi connectivity index (χ3v) is 3.95. The smallest absolute Gasteiger partial charge is 0.139 e. The van der Waals surface area contributed by atoms with Gasteiger partial charge in [-0.2, -0.15) is 5.10 Å². The first-order chi connectivity index (χ1) is 10.7. The predicted octanol–water partition coefficient (Wildman–Crippen LogP) is 4.03. The number of aromatic amines is 1. The van der Waals surface area contributed by atoms with Gasteiger partial charge in [-0.05, 0) is 31.5 Å². The lowest BCUT2D eigenvalue weighted by molar-refractivity contribution is 0.868. The number of hydrogen-bond donors (Lipinski definition) is 1. The minimum absolute atomic E-state index is 0.877. The molecule has 0 aliphatic carbocycles. The Kier molecular flexibility index (Phi) is 2.82. The van der Waals surface area contributed by atoms with Gasteiger partial charge in [0.2, 0.25) is 0 Å². The van der Waals surface area contributed by atoms with Crippen LogP contribution >= 0.6 is 0 Å². The first kappa shape index (κ1) is 12.8. The highest BCUT2D eigenvalue weighted by Gasteiger charge is 2.11. The van der Waals surface area contributed by atoms with Crippen molar-refractivity contribution < 1.29 is 0 Å². The maximum atomic E-state index is 4.68. The molecule has 0 bridgehead atoms. The van der Waals surface area contributed by atoms with E-state index in [1.807, 2.05) is 29.9 Å². The quantitative estimate of drug-likeness (QED) is 0.605. The summed E-state index contributed by atoms with van der Waals surface area (Å²) in [6.45, 7) is 4.14. The van der Waals surface area contributed by atoms with Crippen LogP contribution in [0.5, 0.6) is 0 Å². The molecule has 0 radical (unpaired) electrons. The molecule has 4 aromatic rings. The number of aryl methyl sites for hydroxylation is 2. The molecule has 3 aromatic heterocycles. The molecule has 0 amide bonds. The van der Waals surface area contributed by atoms with E-state index >= 15 is 0 Å². The number of benzene rings is 1. The van der Waals surface area contributed by atoms with Gasteiger partial charge in [0.25, 0.3) is 0 Å². The van der Waals surface area contributed by atoms with E-state index in [4.69, 9.17) is 0 Å². The number of aromatic nitrogens is 4. The van der Waals surface area contributed by atoms with Crippen molar-refractivity contribution in [2.45, 2.75) is 13.8 Å². The summed E-state index contributed by atoms with van der Waals surface area (Å²) in [5.41, 5.74) is 6.53. The standard InChI is InChI=1S/C18H16N4/c1-12-3-5-14(6-4-12)16-11-22(21-13(16)2)17-8-10-20-18-15(17)7-9-19-18/h3-11H,1-2H3,(H,19,20). The Labute approximate surface area is 128 Å². The Morgan fingerprint density at radius 2 is 1.82 bits per heavy atom. The molecule has 4 nitrogen and oxygen atoms in total. The Balaban J connectivity index is 1.86. The normalized spacial score (nSPS) is 11.2. The largest absolute Gasteiger partial charge is 0.346 e. The zero-order chi connectivity index (χ0) is 15.1. The molecule has 0 unspecified atom stereocenters. The van der Waals surface area contributed by atoms with Crippen molar-refractivity contribution in [2.24, 2.45) is 0 Å². The van der Waals surface area contributed by atoms with Gasteiger partial charge in [-0.1, -0.05) is 29.8 Å². The van der Waals surface area contributed by atoms with E-state index in [2.05, 4.69) is 52.5 Å². The molecule has 4 rings (SSSR count). The van der Waals surface area contributed by atoms with Gasteiger partial charge < -0.3 is 4.98 Å². The summed E-state index contributed by atoms with van der Waals surface area (Å²) < 4.78 is 1.93. The predicted molar refractivity (Wildman–Crippen MR) is 88.1 cm³/mol. The monoisotopic (exact) mass is 288 g/mol. The fraction of sp³-hybridized carbons (Fsp3) is 0.111. The number of nitrogens with zero attached hydrogens (tertiary/aromatic N) is 3. The van der Waals surface area contributed by atoms with Crippen LogP contribution in [0, 0.1) is 13.8 Å². The first-order valence-corrected chi connectivity index (χ1v) is 7.28. The van der Waals surface area contributed by atoms with Crippen LogP contribution in [-0.2, 0) is 0 Å². The van der Waals surface area contributed by atoms with Gasteiger partial charge in [0.1, 0.15) is 5.65 Å². The van der Waals surface area contributed by atoms with Crippen molar-refractivity contribution >= 4 is 11.0 Å². The van der Waals surface area contributed by atoms with E-state index in [9.17, 15) is 0 Å². The molecule has 108 valence electrons. The number of nitrogens with one attached hydrogen (secondary N) is 1. The van der Waals surface area contributed by atoms with Gasteiger partial charge >= 0.3 is 0 Å². The van der Waals surface area contributed by atoms with Crippen LogP contribution in [0.2, 0.25) is 0 Å². The maximum absolute atomic E-state index is 4.68. The molecule has 1 aromatic carbocycles. The topological polar surface area (TPSA) is 46.5 Å². The second kappa shape index (κ2) is 4.84. The Morgan fingerprint density at radius 3 is 2.64 bits per heavy atom. The summed E-state index contributed by atoms with van der Waals surface area (Å²) in [6, 6.07) is 12.6. The van der Waals surface area contributed by atoms with Crippen LogP contribution < -0.4 is 0 Å². The third kappa shape index (κ3) is 2.00. The second-order valence-corrected chi connectivity index (χ2v) is 5.51. The fourth-order valence-corrected chi connectivity index (χ4v) is 2.75. The molecule has 1 N–H and O–H groups in total. The van der Waals surface area contributed by atoms with Crippen molar-refractivity contribution in [3.8, 4) is 16.8 Å². The molecule has 0 saturated heterocycles. The summed E-state index contributed by atoms with van der Waals surface area (Å²) in [7, 11) is 0. The molecule has 22 heavy (non-hydrogen) atoms.